The van der Waals surface area contributed by atoms with Crippen LogP contribution < -0.4 is 0 Å². The molecule has 2 fully saturated rings. The van der Waals surface area contributed by atoms with Crippen LogP contribution in [0, 0.1) is 12.8 Å². The van der Waals surface area contributed by atoms with Gasteiger partial charge in [0.25, 0.3) is 5.91 Å². The second-order valence-corrected chi connectivity index (χ2v) is 5.96. The molecule has 20 heavy (non-hydrogen) atoms. The van der Waals surface area contributed by atoms with Gasteiger partial charge in [0.2, 0.25) is 0 Å². The van der Waals surface area contributed by atoms with E-state index in [1.54, 1.807) is 6.26 Å². The molecule has 1 aliphatic carbocycles. The maximum Gasteiger partial charge on any atom is 0.290 e. The molecule has 0 N–H and O–H groups in total. The van der Waals surface area contributed by atoms with Crippen molar-refractivity contribution in [3.05, 3.63) is 23.7 Å². The van der Waals surface area contributed by atoms with Crippen LogP contribution in [0.4, 0.5) is 0 Å². The molecule has 0 radical (unpaired) electrons. The van der Waals surface area contributed by atoms with Crippen LogP contribution >= 0.6 is 0 Å². The summed E-state index contributed by atoms with van der Waals surface area (Å²) in [5, 5.41) is 0. The highest BCUT2D eigenvalue weighted by atomic mass is 16.3. The van der Waals surface area contributed by atoms with E-state index in [9.17, 15) is 9.59 Å². The topological polar surface area (TPSA) is 50.5 Å². The average molecular weight is 275 g/mol. The highest BCUT2D eigenvalue weighted by molar-refractivity contribution is 5.94. The van der Waals surface area contributed by atoms with Crippen molar-refractivity contribution in [1.82, 2.24) is 4.90 Å². The van der Waals surface area contributed by atoms with E-state index in [0.717, 1.165) is 44.2 Å². The normalized spacial score (nSPS) is 27.1. The molecule has 4 heteroatoms. The number of rotatable bonds is 2. The van der Waals surface area contributed by atoms with E-state index in [2.05, 4.69) is 0 Å². The number of amides is 1. The Morgan fingerprint density at radius 3 is 2.80 bits per heavy atom. The summed E-state index contributed by atoms with van der Waals surface area (Å²) in [6.45, 7) is 2.63. The van der Waals surface area contributed by atoms with E-state index >= 15 is 0 Å². The molecule has 108 valence electrons. The molecule has 1 saturated carbocycles. The SMILES string of the molecule is Cc1ccoc1C(=O)N1CCCCC1C1CCCC1=O. The molecule has 1 saturated heterocycles. The lowest BCUT2D eigenvalue weighted by molar-refractivity contribution is -0.122. The highest BCUT2D eigenvalue weighted by Gasteiger charge is 2.39. The lowest BCUT2D eigenvalue weighted by atomic mass is 9.88. The monoisotopic (exact) mass is 275 g/mol. The van der Waals surface area contributed by atoms with E-state index in [0.29, 0.717) is 18.0 Å². The number of aryl methyl sites for hydroxylation is 1. The van der Waals surface area contributed by atoms with E-state index in [-0.39, 0.29) is 17.9 Å². The van der Waals surface area contributed by atoms with Crippen LogP contribution in [-0.2, 0) is 4.79 Å². The standard InChI is InChI=1S/C16H21NO3/c1-11-8-10-20-15(11)16(19)17-9-3-2-6-13(17)12-5-4-7-14(12)18/h8,10,12-13H,2-7,9H2,1H3. The fourth-order valence-corrected chi connectivity index (χ4v) is 3.60. The largest absolute Gasteiger partial charge is 0.459 e. The van der Waals surface area contributed by atoms with Crippen LogP contribution in [0.1, 0.15) is 54.6 Å². The van der Waals surface area contributed by atoms with E-state index in [4.69, 9.17) is 4.42 Å². The third-order valence-corrected chi connectivity index (χ3v) is 4.68. The molecule has 2 unspecified atom stereocenters. The van der Waals surface area contributed by atoms with E-state index in [1.807, 2.05) is 17.9 Å². The molecule has 2 atom stereocenters. The fourth-order valence-electron chi connectivity index (χ4n) is 3.60. The number of piperidine rings is 1. The molecule has 0 spiro atoms. The van der Waals surface area contributed by atoms with Gasteiger partial charge in [0.1, 0.15) is 5.78 Å². The van der Waals surface area contributed by atoms with Crippen molar-refractivity contribution >= 4 is 11.7 Å². The first-order valence-electron chi connectivity index (χ1n) is 7.56. The van der Waals surface area contributed by atoms with Crippen molar-refractivity contribution in [2.75, 3.05) is 6.54 Å². The molecule has 1 aromatic rings. The molecule has 4 nitrogen and oxygen atoms in total. The Kier molecular flexibility index (Phi) is 3.64. The molecule has 2 aliphatic rings. The Morgan fingerprint density at radius 2 is 2.15 bits per heavy atom. The van der Waals surface area contributed by atoms with Gasteiger partial charge >= 0.3 is 0 Å². The average Bonchev–Trinajstić information content (AvgIpc) is 3.06. The number of hydrogen-bond donors (Lipinski definition) is 0. The molecule has 1 aromatic heterocycles. The van der Waals surface area contributed by atoms with Gasteiger partial charge in [0.05, 0.1) is 6.26 Å². The molecule has 0 bridgehead atoms. The van der Waals surface area contributed by atoms with Gasteiger partial charge in [-0.15, -0.1) is 0 Å². The number of likely N-dealkylation sites (tertiary alicyclic amines) is 1. The molecule has 1 aliphatic heterocycles. The van der Waals surface area contributed by atoms with Gasteiger partial charge in [-0.05, 0) is 45.1 Å². The van der Waals surface area contributed by atoms with Crippen LogP contribution in [0.2, 0.25) is 0 Å². The lowest BCUT2D eigenvalue weighted by Crippen LogP contribution is -2.48. The minimum absolute atomic E-state index is 0.0445. The van der Waals surface area contributed by atoms with Crippen molar-refractivity contribution in [2.24, 2.45) is 5.92 Å². The van der Waals surface area contributed by atoms with Gasteiger partial charge in [-0.3, -0.25) is 9.59 Å². The summed E-state index contributed by atoms with van der Waals surface area (Å²) in [4.78, 5) is 26.6. The van der Waals surface area contributed by atoms with Crippen molar-refractivity contribution < 1.29 is 14.0 Å². The molecule has 0 aromatic carbocycles. The van der Waals surface area contributed by atoms with Crippen molar-refractivity contribution in [3.8, 4) is 0 Å². The smallest absolute Gasteiger partial charge is 0.290 e. The summed E-state index contributed by atoms with van der Waals surface area (Å²) < 4.78 is 5.34. The number of hydrogen-bond acceptors (Lipinski definition) is 3. The maximum atomic E-state index is 12.7. The Morgan fingerprint density at radius 1 is 1.30 bits per heavy atom. The number of furan rings is 1. The minimum Gasteiger partial charge on any atom is -0.459 e. The summed E-state index contributed by atoms with van der Waals surface area (Å²) in [6.07, 6.45) is 7.22. The first-order chi connectivity index (χ1) is 9.68. The molecular weight excluding hydrogens is 254 g/mol. The number of nitrogens with zero attached hydrogens (tertiary/aromatic N) is 1. The molecule has 2 heterocycles. The zero-order chi connectivity index (χ0) is 14.1. The minimum atomic E-state index is -0.0445. The number of carbonyl (C=O) groups excluding carboxylic acids is 2. The Hall–Kier alpha value is -1.58. The summed E-state index contributed by atoms with van der Waals surface area (Å²) in [7, 11) is 0. The number of Topliss-reactive ketones (excluding diaryl/α,β-unsaturated/α-hetero) is 1. The first kappa shape index (κ1) is 13.4. The molecular formula is C16H21NO3. The van der Waals surface area contributed by atoms with Crippen LogP contribution in [-0.4, -0.2) is 29.2 Å². The van der Waals surface area contributed by atoms with Crippen molar-refractivity contribution in [1.29, 1.82) is 0 Å². The summed E-state index contributed by atoms with van der Waals surface area (Å²) in [5.74, 6) is 0.777. The Labute approximate surface area is 119 Å². The lowest BCUT2D eigenvalue weighted by Gasteiger charge is -2.38. The summed E-state index contributed by atoms with van der Waals surface area (Å²) in [6, 6.07) is 1.89. The summed E-state index contributed by atoms with van der Waals surface area (Å²) >= 11 is 0. The van der Waals surface area contributed by atoms with E-state index in [1.165, 1.54) is 0 Å². The summed E-state index contributed by atoms with van der Waals surface area (Å²) in [5.41, 5.74) is 0.872. The van der Waals surface area contributed by atoms with Gasteiger partial charge in [0.15, 0.2) is 5.76 Å². The van der Waals surface area contributed by atoms with Crippen LogP contribution in [0.3, 0.4) is 0 Å². The first-order valence-corrected chi connectivity index (χ1v) is 7.56. The highest BCUT2D eigenvalue weighted by Crippen LogP contribution is 2.33. The van der Waals surface area contributed by atoms with Crippen LogP contribution in [0.25, 0.3) is 0 Å². The zero-order valence-corrected chi connectivity index (χ0v) is 11.9. The maximum absolute atomic E-state index is 12.7. The fraction of sp³-hybridized carbons (Fsp3) is 0.625. The van der Waals surface area contributed by atoms with Gasteiger partial charge in [-0.25, -0.2) is 0 Å². The second kappa shape index (κ2) is 5.43. The third kappa shape index (κ3) is 2.28. The van der Waals surface area contributed by atoms with Crippen molar-refractivity contribution in [2.45, 2.75) is 51.5 Å². The predicted octanol–water partition coefficient (Wildman–Crippen LogP) is 2.95. The van der Waals surface area contributed by atoms with Crippen LogP contribution in [0.5, 0.6) is 0 Å². The quantitative estimate of drug-likeness (QED) is 0.833. The van der Waals surface area contributed by atoms with Gasteiger partial charge < -0.3 is 9.32 Å². The predicted molar refractivity (Wildman–Crippen MR) is 74.5 cm³/mol. The number of carbonyl (C=O) groups is 2. The third-order valence-electron chi connectivity index (χ3n) is 4.68. The molecule has 1 amide bonds. The van der Waals surface area contributed by atoms with Gasteiger partial charge in [-0.2, -0.15) is 0 Å². The number of ketones is 1. The Balaban J connectivity index is 1.84. The van der Waals surface area contributed by atoms with E-state index < -0.39 is 0 Å². The second-order valence-electron chi connectivity index (χ2n) is 5.96. The molecule has 3 rings (SSSR count). The van der Waals surface area contributed by atoms with Gasteiger partial charge in [-0.1, -0.05) is 0 Å². The zero-order valence-electron chi connectivity index (χ0n) is 11.9. The Bertz CT molecular complexity index is 520. The van der Waals surface area contributed by atoms with Crippen molar-refractivity contribution in [3.63, 3.8) is 0 Å². The van der Waals surface area contributed by atoms with Crippen LogP contribution in [0.15, 0.2) is 16.7 Å². The van der Waals surface area contributed by atoms with Gasteiger partial charge in [0, 0.05) is 30.5 Å².